The van der Waals surface area contributed by atoms with Gasteiger partial charge in [0.15, 0.2) is 0 Å². The summed E-state index contributed by atoms with van der Waals surface area (Å²) in [4.78, 5) is 11.5. The van der Waals surface area contributed by atoms with E-state index in [0.717, 1.165) is 5.56 Å². The van der Waals surface area contributed by atoms with Crippen LogP contribution in [0.4, 0.5) is 4.39 Å². The average Bonchev–Trinajstić information content (AvgIpc) is 2.05. The molecule has 0 heterocycles. The van der Waals surface area contributed by atoms with Crippen LogP contribution in [0.3, 0.4) is 0 Å². The molecule has 0 saturated carbocycles. The Morgan fingerprint density at radius 3 is 2.27 bits per heavy atom. The van der Waals surface area contributed by atoms with Crippen molar-refractivity contribution in [1.29, 1.82) is 0 Å². The van der Waals surface area contributed by atoms with Crippen LogP contribution in [0, 0.1) is 5.82 Å². The molecule has 0 aromatic heterocycles. The molecule has 1 rings (SSSR count). The van der Waals surface area contributed by atoms with Crippen LogP contribution in [0.2, 0.25) is 0 Å². The zero-order valence-electron chi connectivity index (χ0n) is 9.30. The maximum absolute atomic E-state index is 12.6. The van der Waals surface area contributed by atoms with E-state index in [1.54, 1.807) is 12.1 Å². The number of hydrogen-bond donors (Lipinski definition) is 1. The topological polar surface area (TPSA) is 29.1 Å². The second kappa shape index (κ2) is 4.43. The van der Waals surface area contributed by atoms with Gasteiger partial charge < -0.3 is 5.32 Å². The van der Waals surface area contributed by atoms with Crippen molar-refractivity contribution in [2.75, 3.05) is 0 Å². The van der Waals surface area contributed by atoms with Gasteiger partial charge in [-0.15, -0.1) is 0 Å². The number of hydrogen-bond acceptors (Lipinski definition) is 1. The van der Waals surface area contributed by atoms with Gasteiger partial charge in [-0.1, -0.05) is 12.1 Å². The number of nitrogens with one attached hydrogen (secondary N) is 1. The summed E-state index contributed by atoms with van der Waals surface area (Å²) in [7, 11) is 0. The molecule has 2 nitrogen and oxygen atoms in total. The molecule has 1 amide bonds. The number of amides is 1. The van der Waals surface area contributed by atoms with E-state index >= 15 is 0 Å². The van der Waals surface area contributed by atoms with E-state index in [1.807, 2.05) is 20.8 Å². The van der Waals surface area contributed by atoms with Crippen LogP contribution in [0.1, 0.15) is 26.3 Å². The Morgan fingerprint density at radius 2 is 1.80 bits per heavy atom. The number of carbonyl (C=O) groups is 1. The summed E-state index contributed by atoms with van der Waals surface area (Å²) in [5.41, 5.74) is 0.593. The van der Waals surface area contributed by atoms with Crippen molar-refractivity contribution in [2.24, 2.45) is 0 Å². The van der Waals surface area contributed by atoms with Crippen LogP contribution in [0.15, 0.2) is 24.3 Å². The molecule has 0 unspecified atom stereocenters. The minimum Gasteiger partial charge on any atom is -0.351 e. The molecule has 15 heavy (non-hydrogen) atoms. The predicted molar refractivity (Wildman–Crippen MR) is 58.0 cm³/mol. The molecule has 0 radical (unpaired) electrons. The van der Waals surface area contributed by atoms with Crippen molar-refractivity contribution in [3.8, 4) is 0 Å². The maximum atomic E-state index is 12.6. The van der Waals surface area contributed by atoms with Crippen LogP contribution in [-0.2, 0) is 11.2 Å². The number of rotatable bonds is 2. The maximum Gasteiger partial charge on any atom is 0.224 e. The van der Waals surface area contributed by atoms with E-state index in [4.69, 9.17) is 0 Å². The highest BCUT2D eigenvalue weighted by Crippen LogP contribution is 2.05. The Hall–Kier alpha value is -1.38. The Labute approximate surface area is 89.5 Å². The number of halogens is 1. The summed E-state index contributed by atoms with van der Waals surface area (Å²) >= 11 is 0. The first-order chi connectivity index (χ1) is 6.87. The standard InChI is InChI=1S/C12H16FNO/c1-12(2,3)14-11(15)8-9-4-6-10(13)7-5-9/h4-7H,8H2,1-3H3,(H,14,15). The SMILES string of the molecule is CC(C)(C)NC(=O)Cc1ccc(F)cc1. The second-order valence-corrected chi connectivity index (χ2v) is 4.60. The molecule has 0 aliphatic rings. The molecule has 0 spiro atoms. The quantitative estimate of drug-likeness (QED) is 0.795. The van der Waals surface area contributed by atoms with E-state index in [-0.39, 0.29) is 23.7 Å². The van der Waals surface area contributed by atoms with Crippen LogP contribution in [0.25, 0.3) is 0 Å². The van der Waals surface area contributed by atoms with Gasteiger partial charge in [-0.25, -0.2) is 4.39 Å². The lowest BCUT2D eigenvalue weighted by Gasteiger charge is -2.20. The van der Waals surface area contributed by atoms with Gasteiger partial charge in [-0.05, 0) is 38.5 Å². The Balaban J connectivity index is 2.55. The Kier molecular flexibility index (Phi) is 3.45. The van der Waals surface area contributed by atoms with Crippen LogP contribution < -0.4 is 5.32 Å². The van der Waals surface area contributed by atoms with Crippen molar-refractivity contribution in [1.82, 2.24) is 5.32 Å². The lowest BCUT2D eigenvalue weighted by atomic mass is 10.1. The molecule has 3 heteroatoms. The average molecular weight is 209 g/mol. The van der Waals surface area contributed by atoms with E-state index in [1.165, 1.54) is 12.1 Å². The van der Waals surface area contributed by atoms with Crippen molar-refractivity contribution in [3.05, 3.63) is 35.6 Å². The number of carbonyl (C=O) groups excluding carboxylic acids is 1. The van der Waals surface area contributed by atoms with Gasteiger partial charge in [0.05, 0.1) is 6.42 Å². The minimum absolute atomic E-state index is 0.0471. The highest BCUT2D eigenvalue weighted by Gasteiger charge is 2.13. The van der Waals surface area contributed by atoms with Crippen molar-refractivity contribution in [3.63, 3.8) is 0 Å². The first-order valence-corrected chi connectivity index (χ1v) is 4.92. The second-order valence-electron chi connectivity index (χ2n) is 4.60. The molecule has 0 aliphatic carbocycles. The largest absolute Gasteiger partial charge is 0.351 e. The molecule has 0 bridgehead atoms. The van der Waals surface area contributed by atoms with Crippen LogP contribution in [-0.4, -0.2) is 11.4 Å². The molecule has 0 saturated heterocycles. The van der Waals surface area contributed by atoms with Crippen molar-refractivity contribution >= 4 is 5.91 Å². The van der Waals surface area contributed by atoms with Gasteiger partial charge in [-0.2, -0.15) is 0 Å². The highest BCUT2D eigenvalue weighted by molar-refractivity contribution is 5.79. The lowest BCUT2D eigenvalue weighted by Crippen LogP contribution is -2.41. The monoisotopic (exact) mass is 209 g/mol. The normalized spacial score (nSPS) is 11.2. The minimum atomic E-state index is -0.282. The molecule has 0 aliphatic heterocycles. The molecular weight excluding hydrogens is 193 g/mol. The molecule has 0 atom stereocenters. The van der Waals surface area contributed by atoms with Gasteiger partial charge >= 0.3 is 0 Å². The van der Waals surface area contributed by atoms with Crippen LogP contribution >= 0.6 is 0 Å². The third-order valence-electron chi connectivity index (χ3n) is 1.79. The highest BCUT2D eigenvalue weighted by atomic mass is 19.1. The van der Waals surface area contributed by atoms with Gasteiger partial charge in [0.25, 0.3) is 0 Å². The number of benzene rings is 1. The summed E-state index contributed by atoms with van der Waals surface area (Å²) < 4.78 is 12.6. The van der Waals surface area contributed by atoms with Gasteiger partial charge in [0, 0.05) is 5.54 Å². The molecule has 82 valence electrons. The van der Waals surface area contributed by atoms with Crippen LogP contribution in [0.5, 0.6) is 0 Å². The summed E-state index contributed by atoms with van der Waals surface area (Å²) in [6.07, 6.45) is 0.289. The Morgan fingerprint density at radius 1 is 1.27 bits per heavy atom. The first kappa shape index (κ1) is 11.7. The summed E-state index contributed by atoms with van der Waals surface area (Å²) in [5.74, 6) is -0.330. The summed E-state index contributed by atoms with van der Waals surface area (Å²) in [6, 6.07) is 5.97. The van der Waals surface area contributed by atoms with Crippen molar-refractivity contribution in [2.45, 2.75) is 32.7 Å². The predicted octanol–water partition coefficient (Wildman–Crippen LogP) is 2.28. The van der Waals surface area contributed by atoms with Gasteiger partial charge in [-0.3, -0.25) is 4.79 Å². The summed E-state index contributed by atoms with van der Waals surface area (Å²) in [6.45, 7) is 5.78. The molecule has 1 aromatic rings. The Bertz CT molecular complexity index is 338. The fraction of sp³-hybridized carbons (Fsp3) is 0.417. The smallest absolute Gasteiger partial charge is 0.224 e. The zero-order valence-corrected chi connectivity index (χ0v) is 9.30. The van der Waals surface area contributed by atoms with E-state index < -0.39 is 0 Å². The zero-order chi connectivity index (χ0) is 11.5. The van der Waals surface area contributed by atoms with Crippen molar-refractivity contribution < 1.29 is 9.18 Å². The third kappa shape index (κ3) is 4.58. The molecular formula is C12H16FNO. The fourth-order valence-electron chi connectivity index (χ4n) is 1.25. The fourth-order valence-corrected chi connectivity index (χ4v) is 1.25. The lowest BCUT2D eigenvalue weighted by molar-refractivity contribution is -0.121. The first-order valence-electron chi connectivity index (χ1n) is 4.92. The van der Waals surface area contributed by atoms with E-state index in [2.05, 4.69) is 5.32 Å². The molecule has 1 aromatic carbocycles. The van der Waals surface area contributed by atoms with Gasteiger partial charge in [0.1, 0.15) is 5.82 Å². The van der Waals surface area contributed by atoms with Gasteiger partial charge in [0.2, 0.25) is 5.91 Å². The van der Waals surface area contributed by atoms with E-state index in [9.17, 15) is 9.18 Å². The third-order valence-corrected chi connectivity index (χ3v) is 1.79. The van der Waals surface area contributed by atoms with E-state index in [0.29, 0.717) is 0 Å². The molecule has 1 N–H and O–H groups in total. The summed E-state index contributed by atoms with van der Waals surface area (Å²) in [5, 5.41) is 2.85. The molecule has 0 fully saturated rings.